The van der Waals surface area contributed by atoms with E-state index < -0.39 is 0 Å². The van der Waals surface area contributed by atoms with Crippen molar-refractivity contribution in [3.8, 4) is 0 Å². The van der Waals surface area contributed by atoms with Crippen LogP contribution in [0.3, 0.4) is 0 Å². The lowest BCUT2D eigenvalue weighted by molar-refractivity contribution is 0.158. The highest BCUT2D eigenvalue weighted by atomic mass is 16.5. The second-order valence-corrected chi connectivity index (χ2v) is 4.00. The molecule has 0 aromatic carbocycles. The number of methoxy groups -OCH3 is 1. The maximum absolute atomic E-state index is 5.07. The summed E-state index contributed by atoms with van der Waals surface area (Å²) in [6, 6.07) is 4.14. The molecule has 0 saturated heterocycles. The number of ether oxygens (including phenoxy) is 1. The summed E-state index contributed by atoms with van der Waals surface area (Å²) in [7, 11) is 1.74. The molecular formula is C12H20N2O. The lowest BCUT2D eigenvalue weighted by Gasteiger charge is -2.11. The van der Waals surface area contributed by atoms with Crippen molar-refractivity contribution in [2.45, 2.75) is 20.4 Å². The average molecular weight is 208 g/mol. The summed E-state index contributed by atoms with van der Waals surface area (Å²) in [4.78, 5) is 4.25. The molecule has 0 aliphatic carbocycles. The van der Waals surface area contributed by atoms with Crippen LogP contribution in [0, 0.1) is 12.8 Å². The minimum atomic E-state index is 0.549. The van der Waals surface area contributed by atoms with E-state index >= 15 is 0 Å². The van der Waals surface area contributed by atoms with Crippen molar-refractivity contribution in [3.63, 3.8) is 0 Å². The predicted molar refractivity (Wildman–Crippen MR) is 61.7 cm³/mol. The van der Waals surface area contributed by atoms with Crippen LogP contribution < -0.4 is 5.32 Å². The van der Waals surface area contributed by atoms with Crippen molar-refractivity contribution < 1.29 is 4.74 Å². The third-order valence-corrected chi connectivity index (χ3v) is 2.25. The van der Waals surface area contributed by atoms with E-state index in [1.807, 2.05) is 19.2 Å². The number of nitrogens with one attached hydrogen (secondary N) is 1. The molecule has 3 heteroatoms. The summed E-state index contributed by atoms with van der Waals surface area (Å²) < 4.78 is 5.07. The first kappa shape index (κ1) is 12.1. The van der Waals surface area contributed by atoms with Gasteiger partial charge in [0.05, 0.1) is 0 Å². The van der Waals surface area contributed by atoms with E-state index in [1.165, 1.54) is 5.56 Å². The first-order valence-electron chi connectivity index (χ1n) is 5.33. The van der Waals surface area contributed by atoms with Gasteiger partial charge in [0.1, 0.15) is 0 Å². The smallest absolute Gasteiger partial charge is 0.0499 e. The molecule has 84 valence electrons. The van der Waals surface area contributed by atoms with Gasteiger partial charge in [0, 0.05) is 38.7 Å². The normalized spacial score (nSPS) is 12.7. The van der Waals surface area contributed by atoms with Crippen LogP contribution in [0.15, 0.2) is 18.3 Å². The second kappa shape index (κ2) is 6.53. The largest absolute Gasteiger partial charge is 0.384 e. The fraction of sp³-hybridized carbons (Fsp3) is 0.583. The highest BCUT2D eigenvalue weighted by Crippen LogP contribution is 1.99. The van der Waals surface area contributed by atoms with Gasteiger partial charge in [-0.25, -0.2) is 0 Å². The molecule has 1 N–H and O–H groups in total. The van der Waals surface area contributed by atoms with Gasteiger partial charge in [-0.3, -0.25) is 4.98 Å². The van der Waals surface area contributed by atoms with Crippen molar-refractivity contribution in [2.75, 3.05) is 20.3 Å². The maximum atomic E-state index is 5.07. The lowest BCUT2D eigenvalue weighted by Crippen LogP contribution is -2.23. The van der Waals surface area contributed by atoms with Crippen molar-refractivity contribution in [2.24, 2.45) is 5.92 Å². The van der Waals surface area contributed by atoms with Crippen molar-refractivity contribution >= 4 is 0 Å². The molecule has 1 heterocycles. The number of hydrogen-bond donors (Lipinski definition) is 1. The van der Waals surface area contributed by atoms with E-state index in [-0.39, 0.29) is 0 Å². The first-order valence-corrected chi connectivity index (χ1v) is 5.33. The van der Waals surface area contributed by atoms with Crippen LogP contribution in [-0.2, 0) is 11.3 Å². The summed E-state index contributed by atoms with van der Waals surface area (Å²) in [5.74, 6) is 0.549. The number of pyridine rings is 1. The molecule has 0 saturated carbocycles. The molecule has 1 aromatic rings. The van der Waals surface area contributed by atoms with Crippen molar-refractivity contribution in [1.29, 1.82) is 0 Å². The molecule has 1 unspecified atom stereocenters. The summed E-state index contributed by atoms with van der Waals surface area (Å²) in [6.45, 7) is 6.82. The van der Waals surface area contributed by atoms with Gasteiger partial charge in [-0.2, -0.15) is 0 Å². The Morgan fingerprint density at radius 3 is 2.87 bits per heavy atom. The predicted octanol–water partition coefficient (Wildman–Crippen LogP) is 1.76. The third-order valence-electron chi connectivity index (χ3n) is 2.25. The molecule has 1 aromatic heterocycles. The monoisotopic (exact) mass is 208 g/mol. The minimum absolute atomic E-state index is 0.549. The molecule has 0 aliphatic rings. The summed E-state index contributed by atoms with van der Waals surface area (Å²) in [5, 5.41) is 3.39. The van der Waals surface area contributed by atoms with Crippen LogP contribution in [0.25, 0.3) is 0 Å². The number of aryl methyl sites for hydroxylation is 1. The van der Waals surface area contributed by atoms with Crippen LogP contribution in [0.4, 0.5) is 0 Å². The fourth-order valence-electron chi connectivity index (χ4n) is 1.41. The Morgan fingerprint density at radius 1 is 1.47 bits per heavy atom. The standard InChI is InChI=1S/C12H20N2O/c1-10(9-15-3)6-13-7-12-5-4-11(2)14-8-12/h4-5,8,10,13H,6-7,9H2,1-3H3. The van der Waals surface area contributed by atoms with Crippen LogP contribution >= 0.6 is 0 Å². The van der Waals surface area contributed by atoms with E-state index in [1.54, 1.807) is 7.11 Å². The molecule has 0 bridgehead atoms. The molecular weight excluding hydrogens is 188 g/mol. The van der Waals surface area contributed by atoms with E-state index in [0.29, 0.717) is 5.92 Å². The Hall–Kier alpha value is -0.930. The Kier molecular flexibility index (Phi) is 5.29. The Bertz CT molecular complexity index is 271. The van der Waals surface area contributed by atoms with Crippen LogP contribution in [0.2, 0.25) is 0 Å². The molecule has 0 aliphatic heterocycles. The third kappa shape index (κ3) is 4.91. The summed E-state index contributed by atoms with van der Waals surface area (Å²) in [5.41, 5.74) is 2.29. The molecule has 0 radical (unpaired) electrons. The molecule has 3 nitrogen and oxygen atoms in total. The van der Waals surface area contributed by atoms with Gasteiger partial charge in [0.15, 0.2) is 0 Å². The van der Waals surface area contributed by atoms with Crippen LogP contribution in [-0.4, -0.2) is 25.2 Å². The molecule has 1 atom stereocenters. The quantitative estimate of drug-likeness (QED) is 0.773. The Labute approximate surface area is 91.9 Å². The number of rotatable bonds is 6. The van der Waals surface area contributed by atoms with E-state index in [2.05, 4.69) is 23.3 Å². The molecule has 1 rings (SSSR count). The topological polar surface area (TPSA) is 34.1 Å². The van der Waals surface area contributed by atoms with Crippen molar-refractivity contribution in [3.05, 3.63) is 29.6 Å². The lowest BCUT2D eigenvalue weighted by atomic mass is 10.2. The zero-order chi connectivity index (χ0) is 11.1. The van der Waals surface area contributed by atoms with Gasteiger partial charge in [-0.05, 0) is 24.5 Å². The molecule has 0 fully saturated rings. The highest BCUT2D eigenvalue weighted by Gasteiger charge is 2.00. The zero-order valence-electron chi connectivity index (χ0n) is 9.79. The van der Waals surface area contributed by atoms with E-state index in [9.17, 15) is 0 Å². The number of hydrogen-bond acceptors (Lipinski definition) is 3. The van der Waals surface area contributed by atoms with Crippen LogP contribution in [0.1, 0.15) is 18.2 Å². The molecule has 0 amide bonds. The van der Waals surface area contributed by atoms with Gasteiger partial charge in [0.25, 0.3) is 0 Å². The Balaban J connectivity index is 2.22. The zero-order valence-corrected chi connectivity index (χ0v) is 9.79. The number of aromatic nitrogens is 1. The minimum Gasteiger partial charge on any atom is -0.384 e. The second-order valence-electron chi connectivity index (χ2n) is 4.00. The highest BCUT2D eigenvalue weighted by molar-refractivity contribution is 5.12. The van der Waals surface area contributed by atoms with E-state index in [4.69, 9.17) is 4.74 Å². The van der Waals surface area contributed by atoms with Gasteiger partial charge >= 0.3 is 0 Å². The summed E-state index contributed by atoms with van der Waals surface area (Å²) >= 11 is 0. The summed E-state index contributed by atoms with van der Waals surface area (Å²) in [6.07, 6.45) is 1.92. The Morgan fingerprint density at radius 2 is 2.27 bits per heavy atom. The van der Waals surface area contributed by atoms with E-state index in [0.717, 1.165) is 25.4 Å². The van der Waals surface area contributed by atoms with Crippen LogP contribution in [0.5, 0.6) is 0 Å². The number of nitrogens with zero attached hydrogens (tertiary/aromatic N) is 1. The molecule has 15 heavy (non-hydrogen) atoms. The van der Waals surface area contributed by atoms with Crippen molar-refractivity contribution in [1.82, 2.24) is 10.3 Å². The van der Waals surface area contributed by atoms with Gasteiger partial charge in [-0.1, -0.05) is 13.0 Å². The average Bonchev–Trinajstić information content (AvgIpc) is 2.21. The SMILES string of the molecule is COCC(C)CNCc1ccc(C)nc1. The molecule has 0 spiro atoms. The fourth-order valence-corrected chi connectivity index (χ4v) is 1.41. The van der Waals surface area contributed by atoms with Gasteiger partial charge in [-0.15, -0.1) is 0 Å². The van der Waals surface area contributed by atoms with Gasteiger partial charge < -0.3 is 10.1 Å². The van der Waals surface area contributed by atoms with Gasteiger partial charge in [0.2, 0.25) is 0 Å². The first-order chi connectivity index (χ1) is 7.22. The maximum Gasteiger partial charge on any atom is 0.0499 e.